The normalized spacial score (nSPS) is 13.9. The van der Waals surface area contributed by atoms with E-state index in [-0.39, 0.29) is 25.9 Å². The number of ether oxygens (including phenoxy) is 3. The number of phosphoric ester groups is 1. The van der Waals surface area contributed by atoms with Crippen molar-refractivity contribution in [3.63, 3.8) is 0 Å². The van der Waals surface area contributed by atoms with Crippen molar-refractivity contribution in [3.8, 4) is 0 Å². The molecule has 0 aliphatic carbocycles. The Morgan fingerprint density at radius 1 is 0.392 bits per heavy atom. The Bertz CT molecular complexity index is 1520. The number of unbranched alkanes of at least 4 members (excludes halogenated alkanes) is 26. The van der Waals surface area contributed by atoms with Crippen molar-refractivity contribution in [1.82, 2.24) is 0 Å². The Hall–Kier alpha value is -3.08. The van der Waals surface area contributed by atoms with E-state index in [4.69, 9.17) is 23.3 Å². The minimum atomic E-state index is -4.76. The summed E-state index contributed by atoms with van der Waals surface area (Å²) in [5, 5.41) is 9.81. The molecule has 0 rings (SSSR count). The van der Waals surface area contributed by atoms with Crippen molar-refractivity contribution >= 4 is 25.7 Å². The van der Waals surface area contributed by atoms with Crippen molar-refractivity contribution in [2.45, 2.75) is 277 Å². The Morgan fingerprint density at radius 2 is 0.730 bits per heavy atom. The van der Waals surface area contributed by atoms with E-state index < -0.39 is 57.8 Å². The highest BCUT2D eigenvalue weighted by Gasteiger charge is 2.28. The molecule has 0 heterocycles. The quantitative estimate of drug-likeness (QED) is 0.0197. The Kier molecular flexibility index (Phi) is 53.8. The van der Waals surface area contributed by atoms with E-state index in [0.29, 0.717) is 25.7 Å². The van der Waals surface area contributed by atoms with Crippen LogP contribution >= 0.6 is 7.82 Å². The van der Waals surface area contributed by atoms with Gasteiger partial charge in [0.15, 0.2) is 6.10 Å². The minimum absolute atomic E-state index is 0.0977. The van der Waals surface area contributed by atoms with Gasteiger partial charge in [0.25, 0.3) is 0 Å². The molecular weight excluding hydrogens is 952 g/mol. The Balaban J connectivity index is 4.70. The average Bonchev–Trinajstić information content (AvgIpc) is 3.39. The van der Waals surface area contributed by atoms with Crippen LogP contribution in [0.15, 0.2) is 72.9 Å². The molecule has 11 nitrogen and oxygen atoms in total. The van der Waals surface area contributed by atoms with E-state index in [2.05, 4.69) is 81.5 Å². The van der Waals surface area contributed by atoms with Gasteiger partial charge in [-0.15, -0.1) is 0 Å². The number of aliphatic hydroxyl groups excluding tert-OH is 1. The second-order valence-electron chi connectivity index (χ2n) is 19.8. The molecule has 74 heavy (non-hydrogen) atoms. The van der Waals surface area contributed by atoms with Gasteiger partial charge in [-0.25, -0.2) is 4.57 Å². The van der Waals surface area contributed by atoms with Crippen LogP contribution in [-0.4, -0.2) is 66.5 Å². The number of phosphoric acid groups is 1. The molecule has 3 atom stereocenters. The number of aliphatic hydroxyl groups is 1. The number of hydrogen-bond donors (Lipinski definition) is 2. The van der Waals surface area contributed by atoms with Gasteiger partial charge >= 0.3 is 25.7 Å². The largest absolute Gasteiger partial charge is 0.472 e. The molecule has 0 aromatic heterocycles. The SMILES string of the molecule is CC/C=C\C/C=C\C/C=C\C/C=C\C/C=C\CCCC(=O)OC(CO)COP(=O)(O)OCC(COC(=O)CCCCCCC/C=C\CCCC)OC(=O)CCCCCCCCCCCCCCCCCCCCC. The zero-order valence-corrected chi connectivity index (χ0v) is 48.2. The zero-order valence-electron chi connectivity index (χ0n) is 47.3. The summed E-state index contributed by atoms with van der Waals surface area (Å²) in [5.41, 5.74) is 0. The van der Waals surface area contributed by atoms with E-state index in [0.717, 1.165) is 89.9 Å². The molecule has 0 aromatic carbocycles. The first-order valence-electron chi connectivity index (χ1n) is 29.8. The number of hydrogen-bond acceptors (Lipinski definition) is 10. The van der Waals surface area contributed by atoms with Gasteiger partial charge in [-0.05, 0) is 77.0 Å². The summed E-state index contributed by atoms with van der Waals surface area (Å²) >= 11 is 0. The van der Waals surface area contributed by atoms with Crippen LogP contribution in [0.25, 0.3) is 0 Å². The molecule has 0 bridgehead atoms. The van der Waals surface area contributed by atoms with Crippen molar-refractivity contribution in [1.29, 1.82) is 0 Å². The molecule has 0 saturated heterocycles. The molecule has 0 spiro atoms. The van der Waals surface area contributed by atoms with Crippen molar-refractivity contribution in [3.05, 3.63) is 72.9 Å². The molecule has 0 aliphatic heterocycles. The maximum absolute atomic E-state index is 12.9. The maximum atomic E-state index is 12.9. The van der Waals surface area contributed by atoms with E-state index >= 15 is 0 Å². The summed E-state index contributed by atoms with van der Waals surface area (Å²) in [6.07, 6.45) is 63.0. The third-order valence-corrected chi connectivity index (χ3v) is 13.6. The third-order valence-electron chi connectivity index (χ3n) is 12.6. The number of allylic oxidation sites excluding steroid dienone is 12. The van der Waals surface area contributed by atoms with Crippen LogP contribution in [-0.2, 0) is 42.2 Å². The van der Waals surface area contributed by atoms with Crippen molar-refractivity contribution < 1.29 is 52.2 Å². The fourth-order valence-electron chi connectivity index (χ4n) is 8.08. The zero-order chi connectivity index (χ0) is 54.1. The lowest BCUT2D eigenvalue weighted by Crippen LogP contribution is -2.30. The molecule has 0 aromatic rings. The molecular formula is C62H109O11P. The van der Waals surface area contributed by atoms with E-state index in [1.165, 1.54) is 109 Å². The topological polar surface area (TPSA) is 155 Å². The molecule has 0 amide bonds. The predicted molar refractivity (Wildman–Crippen MR) is 307 cm³/mol. The number of carbonyl (C=O) groups is 3. The lowest BCUT2D eigenvalue weighted by molar-refractivity contribution is -0.161. The summed E-state index contributed by atoms with van der Waals surface area (Å²) in [5.74, 6) is -1.53. The van der Waals surface area contributed by atoms with Gasteiger partial charge < -0.3 is 24.2 Å². The van der Waals surface area contributed by atoms with Gasteiger partial charge in [-0.3, -0.25) is 23.4 Å². The maximum Gasteiger partial charge on any atom is 0.472 e. The van der Waals surface area contributed by atoms with Crippen molar-refractivity contribution in [2.75, 3.05) is 26.4 Å². The van der Waals surface area contributed by atoms with Crippen molar-refractivity contribution in [2.24, 2.45) is 0 Å². The smallest absolute Gasteiger partial charge is 0.462 e. The van der Waals surface area contributed by atoms with Gasteiger partial charge in [0, 0.05) is 19.3 Å². The second kappa shape index (κ2) is 56.1. The van der Waals surface area contributed by atoms with E-state index in [9.17, 15) is 28.9 Å². The highest BCUT2D eigenvalue weighted by molar-refractivity contribution is 7.47. The standard InChI is InChI=1S/C62H109O11P/c1-4-7-10-13-16-19-22-24-26-28-29-31-33-35-38-41-44-47-50-53-62(66)73-59(55-69-60(64)51-48-45-42-39-36-21-18-15-12-9-6-3)57-71-74(67,68)70-56-58(54-63)72-61(65)52-49-46-43-40-37-34-32-30-27-25-23-20-17-14-11-8-5-2/h8,11,15,17-18,20,25,27,32,34,40,43,58-59,63H,4-7,9-10,12-14,16,19,21-24,26,28-31,33,35-39,41-42,44-57H2,1-3H3,(H,67,68)/b11-8-,18-15-,20-17-,27-25-,34-32-,43-40-. The van der Waals surface area contributed by atoms with Gasteiger partial charge in [0.2, 0.25) is 0 Å². The van der Waals surface area contributed by atoms with Gasteiger partial charge in [0.05, 0.1) is 19.8 Å². The number of esters is 3. The lowest BCUT2D eigenvalue weighted by atomic mass is 10.0. The van der Waals surface area contributed by atoms with Gasteiger partial charge in [-0.2, -0.15) is 0 Å². The average molecular weight is 1060 g/mol. The summed E-state index contributed by atoms with van der Waals surface area (Å²) in [6.45, 7) is 4.45. The Labute approximate surface area is 452 Å². The highest BCUT2D eigenvalue weighted by atomic mass is 31.2. The number of carbonyl (C=O) groups excluding carboxylic acids is 3. The van der Waals surface area contributed by atoms with Crippen LogP contribution in [0.4, 0.5) is 0 Å². The fourth-order valence-corrected chi connectivity index (χ4v) is 8.86. The first-order chi connectivity index (χ1) is 36.2. The summed E-state index contributed by atoms with van der Waals surface area (Å²) in [4.78, 5) is 48.5. The summed E-state index contributed by atoms with van der Waals surface area (Å²) < 4.78 is 39.5. The summed E-state index contributed by atoms with van der Waals surface area (Å²) in [7, 11) is -4.76. The van der Waals surface area contributed by atoms with Crippen LogP contribution in [0.2, 0.25) is 0 Å². The molecule has 428 valence electrons. The molecule has 12 heteroatoms. The summed E-state index contributed by atoms with van der Waals surface area (Å²) in [6, 6.07) is 0. The van der Waals surface area contributed by atoms with Gasteiger partial charge in [0.1, 0.15) is 12.7 Å². The predicted octanol–water partition coefficient (Wildman–Crippen LogP) is 17.7. The fraction of sp³-hybridized carbons (Fsp3) is 0.758. The Morgan fingerprint density at radius 3 is 1.19 bits per heavy atom. The van der Waals surface area contributed by atoms with Crippen LogP contribution in [0.3, 0.4) is 0 Å². The van der Waals surface area contributed by atoms with Gasteiger partial charge in [-0.1, -0.05) is 241 Å². The van der Waals surface area contributed by atoms with Crippen LogP contribution in [0.5, 0.6) is 0 Å². The van der Waals surface area contributed by atoms with Crippen LogP contribution in [0.1, 0.15) is 265 Å². The minimum Gasteiger partial charge on any atom is -0.462 e. The molecule has 0 saturated carbocycles. The van der Waals surface area contributed by atoms with E-state index in [1.54, 1.807) is 0 Å². The first kappa shape index (κ1) is 70.9. The monoisotopic (exact) mass is 1060 g/mol. The molecule has 0 aliphatic rings. The number of rotatable bonds is 55. The second-order valence-corrected chi connectivity index (χ2v) is 21.2. The third kappa shape index (κ3) is 53.7. The highest BCUT2D eigenvalue weighted by Crippen LogP contribution is 2.43. The molecule has 3 unspecified atom stereocenters. The van der Waals surface area contributed by atoms with E-state index in [1.807, 2.05) is 12.2 Å². The molecule has 0 fully saturated rings. The molecule has 0 radical (unpaired) electrons. The lowest BCUT2D eigenvalue weighted by Gasteiger charge is -2.21. The first-order valence-corrected chi connectivity index (χ1v) is 31.3. The van der Waals surface area contributed by atoms with Crippen LogP contribution in [0, 0.1) is 0 Å². The van der Waals surface area contributed by atoms with Crippen LogP contribution < -0.4 is 0 Å². The molecule has 2 N–H and O–H groups in total.